The van der Waals surface area contributed by atoms with E-state index in [9.17, 15) is 47.9 Å². The fraction of sp³-hybridized carbons (Fsp3) is 0.792. The maximum absolute atomic E-state index is 12.4. The standard InChI is InChI=1S/2C20H30O4.2C19H28O4.C18H26O4/c1-12(2)10-20(24-18(21)11-23-19(22)13(3)4)16-6-14-5-15(8-16)9-17(20)7-14;1-4-5-6-20(24-18(21)12-23-19(22)13(2)3)16-8-14-7-15(10-16)11-17(20)9-14;1-11(2)18(21)22-10-17(20)23-19(12(3)4)15-6-13-5-14(8-15)9-16(19)7-13;1-4-5-19(23-17(20)11-22-18(21)12(2)3)15-7-13-6-14(9-15)10-16(19)8-13;1-4-18(22-16(19)10-21-17(20)11(2)3)14-6-12-5-13(8-14)9-15(18)7-12/h12,14-17H,3,5-11H2,1-2,4H3;14-17H,2,4-12H2,1,3H3;12-16H,1,5-10H2,2-4H3;13-16H,2,4-11H2,1,3H3;12-15H,2,4-10H2,1,3H3. The van der Waals surface area contributed by atoms with Gasteiger partial charge in [-0.25, -0.2) is 47.9 Å². The van der Waals surface area contributed by atoms with Crippen molar-refractivity contribution in [2.24, 2.45) is 130 Å². The van der Waals surface area contributed by atoms with Crippen LogP contribution in [0, 0.1) is 130 Å². The Hall–Kier alpha value is -6.60. The molecule has 646 valence electrons. The normalized spacial score (nSPS) is 37.4. The zero-order chi connectivity index (χ0) is 84.1. The SMILES string of the molecule is C=C(C)C(=O)OCC(=O)OC1(C(C)C)C2CC3CC(C2)CC1C3.C=C(C)C(=O)OCC(=O)OC1(CC(C)C)C2CC3CC(C2)CC1C3.C=C(C)C(=O)OCC(=O)OC1(CC)C2CC3CC(C2)CC1C3.C=C(C)C(=O)OCC(=O)OC1(CCC)C2CC3CC(C2)CC1C3.C=C(C)C(=O)OCC(=O)OC1(CCCC)C2CC3CC(C2)CC1C3. The van der Waals surface area contributed by atoms with Gasteiger partial charge in [0.1, 0.15) is 28.0 Å². The minimum absolute atomic E-state index is 0.290. The average Bonchev–Trinajstić information content (AvgIpc) is 0.748. The van der Waals surface area contributed by atoms with Gasteiger partial charge in [-0.1, -0.05) is 94.2 Å². The summed E-state index contributed by atoms with van der Waals surface area (Å²) in [6.45, 7) is 39.1. The highest BCUT2D eigenvalue weighted by atomic mass is 16.6. The van der Waals surface area contributed by atoms with Gasteiger partial charge in [0.25, 0.3) is 0 Å². The van der Waals surface area contributed by atoms with Crippen LogP contribution in [0.3, 0.4) is 0 Å². The second-order valence-electron chi connectivity index (χ2n) is 40.3. The number of rotatable bonds is 29. The van der Waals surface area contributed by atoms with E-state index in [0.29, 0.717) is 98.9 Å². The van der Waals surface area contributed by atoms with E-state index in [1.54, 1.807) is 34.6 Å². The molecule has 0 spiro atoms. The highest BCUT2D eigenvalue weighted by Gasteiger charge is 2.65. The van der Waals surface area contributed by atoms with Gasteiger partial charge in [0.05, 0.1) is 0 Å². The van der Waals surface area contributed by atoms with Crippen LogP contribution in [-0.2, 0) is 95.3 Å². The molecular weight excluding hydrogens is 1470 g/mol. The molecule has 20 fully saturated rings. The summed E-state index contributed by atoms with van der Waals surface area (Å²) in [5, 5.41) is 0. The van der Waals surface area contributed by atoms with Crippen molar-refractivity contribution in [3.8, 4) is 0 Å². The third-order valence-electron chi connectivity index (χ3n) is 31.1. The van der Waals surface area contributed by atoms with Crippen molar-refractivity contribution in [3.05, 3.63) is 60.8 Å². The molecule has 0 aliphatic heterocycles. The molecule has 0 heterocycles. The predicted molar refractivity (Wildman–Crippen MR) is 437 cm³/mol. The highest BCUT2D eigenvalue weighted by Crippen LogP contribution is 2.66. The van der Waals surface area contributed by atoms with E-state index in [-0.39, 0.29) is 61.0 Å². The van der Waals surface area contributed by atoms with E-state index < -0.39 is 59.7 Å². The van der Waals surface area contributed by atoms with Crippen LogP contribution in [0.2, 0.25) is 0 Å². The van der Waals surface area contributed by atoms with Crippen LogP contribution in [0.4, 0.5) is 0 Å². The molecule has 20 aliphatic carbocycles. The summed E-state index contributed by atoms with van der Waals surface area (Å²) in [6.07, 6.45) is 37.6. The van der Waals surface area contributed by atoms with Gasteiger partial charge in [0.15, 0.2) is 33.0 Å². The Labute approximate surface area is 692 Å². The molecule has 0 unspecified atom stereocenters. The molecule has 0 aromatic rings. The monoisotopic (exact) mass is 1620 g/mol. The summed E-state index contributed by atoms with van der Waals surface area (Å²) in [6, 6.07) is 0. The number of carbonyl (C=O) groups excluding carboxylic acids is 10. The van der Waals surface area contributed by atoms with Crippen molar-refractivity contribution in [1.29, 1.82) is 0 Å². The molecule has 0 aromatic carbocycles. The smallest absolute Gasteiger partial charge is 0.344 e. The van der Waals surface area contributed by atoms with Gasteiger partial charge >= 0.3 is 59.7 Å². The lowest BCUT2D eigenvalue weighted by Gasteiger charge is -2.61. The minimum Gasteiger partial charge on any atom is -0.456 e. The molecular formula is C96H142O20. The van der Waals surface area contributed by atoms with Crippen LogP contribution in [0.25, 0.3) is 0 Å². The van der Waals surface area contributed by atoms with E-state index in [1.807, 2.05) is 0 Å². The van der Waals surface area contributed by atoms with Gasteiger partial charge in [-0.05, 0) is 357 Å². The summed E-state index contributed by atoms with van der Waals surface area (Å²) in [4.78, 5) is 119. The lowest BCUT2D eigenvalue weighted by atomic mass is 9.47. The lowest BCUT2D eigenvalue weighted by molar-refractivity contribution is -0.227. The Bertz CT molecular complexity index is 3520. The van der Waals surface area contributed by atoms with Crippen molar-refractivity contribution in [2.75, 3.05) is 33.0 Å². The number of ether oxygens (including phenoxy) is 10. The molecule has 0 saturated heterocycles. The molecule has 20 saturated carbocycles. The predicted octanol–water partition coefficient (Wildman–Crippen LogP) is 18.3. The molecule has 116 heavy (non-hydrogen) atoms. The van der Waals surface area contributed by atoms with Gasteiger partial charge < -0.3 is 47.4 Å². The first kappa shape index (κ1) is 90.2. The van der Waals surface area contributed by atoms with Crippen molar-refractivity contribution >= 4 is 59.7 Å². The van der Waals surface area contributed by atoms with E-state index in [0.717, 1.165) is 104 Å². The number of hydrogen-bond acceptors (Lipinski definition) is 20. The fourth-order valence-electron chi connectivity index (χ4n) is 27.6. The molecule has 0 radical (unpaired) electrons. The average molecular weight is 1620 g/mol. The van der Waals surface area contributed by atoms with E-state index in [1.165, 1.54) is 161 Å². The number of carbonyl (C=O) groups is 10. The first-order chi connectivity index (χ1) is 54.9. The first-order valence-corrected chi connectivity index (χ1v) is 45.2. The van der Waals surface area contributed by atoms with Crippen molar-refractivity contribution in [1.82, 2.24) is 0 Å². The summed E-state index contributed by atoms with van der Waals surface area (Å²) >= 11 is 0. The van der Waals surface area contributed by atoms with Crippen LogP contribution < -0.4 is 0 Å². The second-order valence-corrected chi connectivity index (χ2v) is 40.3. The molecule has 20 bridgehead atoms. The van der Waals surface area contributed by atoms with E-state index >= 15 is 0 Å². The number of hydrogen-bond donors (Lipinski definition) is 0. The van der Waals surface area contributed by atoms with Crippen LogP contribution >= 0.6 is 0 Å². The Kier molecular flexibility index (Phi) is 29.5. The van der Waals surface area contributed by atoms with Gasteiger partial charge in [0, 0.05) is 27.9 Å². The van der Waals surface area contributed by atoms with E-state index in [4.69, 9.17) is 47.4 Å². The molecule has 0 amide bonds. The van der Waals surface area contributed by atoms with Crippen molar-refractivity contribution in [3.63, 3.8) is 0 Å². The number of esters is 10. The Morgan fingerprint density at radius 1 is 0.284 bits per heavy atom. The Morgan fingerprint density at radius 3 is 0.724 bits per heavy atom. The molecule has 20 rings (SSSR count). The van der Waals surface area contributed by atoms with Gasteiger partial charge in [-0.2, -0.15) is 0 Å². The second kappa shape index (κ2) is 38.0. The largest absolute Gasteiger partial charge is 0.456 e. The minimum atomic E-state index is -0.536. The van der Waals surface area contributed by atoms with Crippen LogP contribution in [-0.4, -0.2) is 121 Å². The van der Waals surface area contributed by atoms with Crippen LogP contribution in [0.5, 0.6) is 0 Å². The quantitative estimate of drug-likeness (QED) is 0.0383. The van der Waals surface area contributed by atoms with E-state index in [2.05, 4.69) is 81.4 Å². The fourth-order valence-corrected chi connectivity index (χ4v) is 27.6. The maximum Gasteiger partial charge on any atom is 0.344 e. The van der Waals surface area contributed by atoms with Crippen LogP contribution in [0.1, 0.15) is 289 Å². The van der Waals surface area contributed by atoms with Gasteiger partial charge in [-0.3, -0.25) is 0 Å². The molecule has 20 nitrogen and oxygen atoms in total. The summed E-state index contributed by atoms with van der Waals surface area (Å²) in [5.74, 6) is 9.29. The topological polar surface area (TPSA) is 263 Å². The van der Waals surface area contributed by atoms with Crippen molar-refractivity contribution < 1.29 is 95.3 Å². The molecule has 0 atom stereocenters. The Balaban J connectivity index is 0.000000143. The molecule has 20 aliphatic rings. The third-order valence-corrected chi connectivity index (χ3v) is 31.1. The van der Waals surface area contributed by atoms with Crippen LogP contribution in [0.15, 0.2) is 60.8 Å². The zero-order valence-electron chi connectivity index (χ0n) is 72.6. The molecule has 20 heteroatoms. The van der Waals surface area contributed by atoms with Gasteiger partial charge in [-0.15, -0.1) is 0 Å². The van der Waals surface area contributed by atoms with Crippen molar-refractivity contribution in [2.45, 2.75) is 317 Å². The summed E-state index contributed by atoms with van der Waals surface area (Å²) < 4.78 is 55.1. The van der Waals surface area contributed by atoms with Gasteiger partial charge in [0.2, 0.25) is 0 Å². The highest BCUT2D eigenvalue weighted by molar-refractivity contribution is 5.91. The lowest BCUT2D eigenvalue weighted by Crippen LogP contribution is -2.62. The zero-order valence-corrected chi connectivity index (χ0v) is 72.6. The first-order valence-electron chi connectivity index (χ1n) is 45.2. The summed E-state index contributed by atoms with van der Waals surface area (Å²) in [7, 11) is 0. The molecule has 0 aromatic heterocycles. The third kappa shape index (κ3) is 20.0. The number of unbranched alkanes of at least 4 members (excludes halogenated alkanes) is 1. The maximum atomic E-state index is 12.4. The summed E-state index contributed by atoms with van der Waals surface area (Å²) in [5.41, 5.74) is -0.138. The molecule has 0 N–H and O–H groups in total. The Morgan fingerprint density at radius 2 is 0.500 bits per heavy atom.